The molecule has 1 aromatic rings. The Morgan fingerprint density at radius 1 is 1.50 bits per heavy atom. The molecule has 1 fully saturated rings. The first-order chi connectivity index (χ1) is 9.58. The van der Waals surface area contributed by atoms with Gasteiger partial charge in [0.25, 0.3) is 0 Å². The van der Waals surface area contributed by atoms with Gasteiger partial charge in [-0.2, -0.15) is 0 Å². The minimum absolute atomic E-state index is 0. The van der Waals surface area contributed by atoms with Gasteiger partial charge in [0.05, 0.1) is 10.7 Å². The summed E-state index contributed by atoms with van der Waals surface area (Å²) in [5.41, 5.74) is 7.13. The molecule has 2 rings (SSSR count). The van der Waals surface area contributed by atoms with Gasteiger partial charge in [0.1, 0.15) is 0 Å². The predicted molar refractivity (Wildman–Crippen MR) is 97.3 cm³/mol. The maximum absolute atomic E-state index is 12.4. The van der Waals surface area contributed by atoms with Gasteiger partial charge in [0.2, 0.25) is 5.91 Å². The van der Waals surface area contributed by atoms with E-state index in [0.717, 1.165) is 42.9 Å². The lowest BCUT2D eigenvalue weighted by atomic mass is 9.96. The van der Waals surface area contributed by atoms with Gasteiger partial charge in [-0.15, -0.1) is 36.2 Å². The van der Waals surface area contributed by atoms with E-state index in [1.54, 1.807) is 11.3 Å². The molecule has 4 nitrogen and oxygen atoms in total. The minimum atomic E-state index is 0. The van der Waals surface area contributed by atoms with Crippen molar-refractivity contribution >= 4 is 42.1 Å². The molecule has 0 aliphatic carbocycles. The lowest BCUT2D eigenvalue weighted by Gasteiger charge is -2.38. The standard InChI is InChI=1S/C15H25N3OS.2ClH/c1-11(16)14-7-3-4-9-18(14)15(19)8-5-6-13-10-20-12(2)17-13;;/h10-11,14H,3-9,16H2,1-2H3;2*1H. The second-order valence-electron chi connectivity index (χ2n) is 5.72. The SMILES string of the molecule is Cc1nc(CCCC(=O)N2CCCCC2C(C)N)cs1.Cl.Cl. The Hall–Kier alpha value is -0.360. The zero-order chi connectivity index (χ0) is 14.5. The summed E-state index contributed by atoms with van der Waals surface area (Å²) >= 11 is 1.67. The summed E-state index contributed by atoms with van der Waals surface area (Å²) in [6.45, 7) is 4.90. The Bertz CT molecular complexity index is 454. The summed E-state index contributed by atoms with van der Waals surface area (Å²) in [6.07, 6.45) is 5.74. The number of piperidine rings is 1. The lowest BCUT2D eigenvalue weighted by molar-refractivity contribution is -0.135. The van der Waals surface area contributed by atoms with Crippen molar-refractivity contribution in [3.63, 3.8) is 0 Å². The number of rotatable bonds is 5. The molecule has 2 atom stereocenters. The number of aromatic nitrogens is 1. The highest BCUT2D eigenvalue weighted by atomic mass is 35.5. The van der Waals surface area contributed by atoms with E-state index in [1.807, 2.05) is 18.7 Å². The highest BCUT2D eigenvalue weighted by molar-refractivity contribution is 7.09. The Labute approximate surface area is 149 Å². The number of likely N-dealkylation sites (tertiary alicyclic amines) is 1. The van der Waals surface area contributed by atoms with Crippen molar-refractivity contribution in [1.82, 2.24) is 9.88 Å². The van der Waals surface area contributed by atoms with Crippen LogP contribution in [-0.4, -0.2) is 34.4 Å². The topological polar surface area (TPSA) is 59.2 Å². The summed E-state index contributed by atoms with van der Waals surface area (Å²) in [7, 11) is 0. The molecular weight excluding hydrogens is 341 g/mol. The Morgan fingerprint density at radius 3 is 2.82 bits per heavy atom. The second kappa shape index (κ2) is 10.4. The molecule has 0 spiro atoms. The summed E-state index contributed by atoms with van der Waals surface area (Å²) < 4.78 is 0. The fourth-order valence-corrected chi connectivity index (χ4v) is 3.55. The molecule has 0 bridgehead atoms. The van der Waals surface area contributed by atoms with E-state index in [9.17, 15) is 4.79 Å². The van der Waals surface area contributed by atoms with Crippen molar-refractivity contribution in [1.29, 1.82) is 0 Å². The predicted octanol–water partition coefficient (Wildman–Crippen LogP) is 3.35. The monoisotopic (exact) mass is 367 g/mol. The van der Waals surface area contributed by atoms with Crippen LogP contribution < -0.4 is 5.73 Å². The molecule has 2 N–H and O–H groups in total. The van der Waals surface area contributed by atoms with E-state index < -0.39 is 0 Å². The second-order valence-corrected chi connectivity index (χ2v) is 6.78. The Balaban J connectivity index is 0.00000220. The number of nitrogens with zero attached hydrogens (tertiary/aromatic N) is 2. The first kappa shape index (κ1) is 21.6. The molecule has 0 radical (unpaired) electrons. The van der Waals surface area contributed by atoms with E-state index in [4.69, 9.17) is 5.73 Å². The zero-order valence-electron chi connectivity index (χ0n) is 13.3. The molecular formula is C15H27Cl2N3OS. The number of thiazole rings is 1. The number of halogens is 2. The molecule has 2 heterocycles. The van der Waals surface area contributed by atoms with Crippen LogP contribution in [0, 0.1) is 6.92 Å². The molecule has 0 aromatic carbocycles. The van der Waals surface area contributed by atoms with Crippen LogP contribution in [0.25, 0.3) is 0 Å². The van der Waals surface area contributed by atoms with Gasteiger partial charge in [-0.05, 0) is 46.0 Å². The summed E-state index contributed by atoms with van der Waals surface area (Å²) in [4.78, 5) is 18.8. The number of hydrogen-bond donors (Lipinski definition) is 1. The highest BCUT2D eigenvalue weighted by Gasteiger charge is 2.28. The number of carbonyl (C=O) groups is 1. The van der Waals surface area contributed by atoms with Gasteiger partial charge in [-0.3, -0.25) is 4.79 Å². The normalized spacial score (nSPS) is 19.0. The number of aryl methyl sites for hydroxylation is 2. The van der Waals surface area contributed by atoms with E-state index in [0.29, 0.717) is 6.42 Å². The first-order valence-corrected chi connectivity index (χ1v) is 8.42. The number of amides is 1. The van der Waals surface area contributed by atoms with Gasteiger partial charge in [0, 0.05) is 30.4 Å². The summed E-state index contributed by atoms with van der Waals surface area (Å²) in [6, 6.07) is 0.304. The highest BCUT2D eigenvalue weighted by Crippen LogP contribution is 2.20. The number of hydrogen-bond acceptors (Lipinski definition) is 4. The summed E-state index contributed by atoms with van der Waals surface area (Å²) in [5.74, 6) is 0.263. The smallest absolute Gasteiger partial charge is 0.222 e. The molecule has 0 saturated carbocycles. The molecule has 22 heavy (non-hydrogen) atoms. The minimum Gasteiger partial charge on any atom is -0.338 e. The van der Waals surface area contributed by atoms with Crippen LogP contribution in [0.4, 0.5) is 0 Å². The van der Waals surface area contributed by atoms with Crippen LogP contribution in [0.5, 0.6) is 0 Å². The molecule has 128 valence electrons. The average molecular weight is 368 g/mol. The lowest BCUT2D eigenvalue weighted by Crippen LogP contribution is -2.51. The van der Waals surface area contributed by atoms with Crippen LogP contribution in [0.15, 0.2) is 5.38 Å². The van der Waals surface area contributed by atoms with Gasteiger partial charge in [-0.1, -0.05) is 0 Å². The van der Waals surface area contributed by atoms with Crippen LogP contribution in [0.1, 0.15) is 49.7 Å². The third-order valence-corrected chi connectivity index (χ3v) is 4.79. The molecule has 1 aromatic heterocycles. The third-order valence-electron chi connectivity index (χ3n) is 3.97. The quantitative estimate of drug-likeness (QED) is 0.867. The van der Waals surface area contributed by atoms with Gasteiger partial charge < -0.3 is 10.6 Å². The number of nitrogens with two attached hydrogens (primary N) is 1. The Kier molecular flexibility index (Phi) is 10.3. The molecule has 7 heteroatoms. The average Bonchev–Trinajstić information content (AvgIpc) is 2.84. The van der Waals surface area contributed by atoms with Crippen molar-refractivity contribution in [2.24, 2.45) is 5.73 Å². The zero-order valence-corrected chi connectivity index (χ0v) is 15.7. The van der Waals surface area contributed by atoms with E-state index in [2.05, 4.69) is 10.4 Å². The van der Waals surface area contributed by atoms with Crippen molar-refractivity contribution in [2.75, 3.05) is 6.54 Å². The van der Waals surface area contributed by atoms with Gasteiger partial charge in [0.15, 0.2) is 0 Å². The van der Waals surface area contributed by atoms with E-state index in [1.165, 1.54) is 6.42 Å². The maximum Gasteiger partial charge on any atom is 0.222 e. The van der Waals surface area contributed by atoms with Gasteiger partial charge in [-0.25, -0.2) is 4.98 Å². The van der Waals surface area contributed by atoms with Crippen molar-refractivity contribution in [3.8, 4) is 0 Å². The van der Waals surface area contributed by atoms with Gasteiger partial charge >= 0.3 is 0 Å². The van der Waals surface area contributed by atoms with Crippen LogP contribution in [0.3, 0.4) is 0 Å². The van der Waals surface area contributed by atoms with E-state index in [-0.39, 0.29) is 42.8 Å². The van der Waals surface area contributed by atoms with Crippen molar-refractivity contribution in [2.45, 2.75) is 64.5 Å². The maximum atomic E-state index is 12.4. The summed E-state index contributed by atoms with van der Waals surface area (Å²) in [5, 5.41) is 3.19. The van der Waals surface area contributed by atoms with Crippen LogP contribution >= 0.6 is 36.2 Å². The molecule has 1 aliphatic rings. The van der Waals surface area contributed by atoms with Crippen LogP contribution in [0.2, 0.25) is 0 Å². The van der Waals surface area contributed by atoms with Crippen molar-refractivity contribution < 1.29 is 4.79 Å². The third kappa shape index (κ3) is 6.03. The van der Waals surface area contributed by atoms with E-state index >= 15 is 0 Å². The first-order valence-electron chi connectivity index (χ1n) is 7.54. The largest absolute Gasteiger partial charge is 0.338 e. The molecule has 1 amide bonds. The fourth-order valence-electron chi connectivity index (χ4n) is 2.90. The fraction of sp³-hybridized carbons (Fsp3) is 0.733. The van der Waals surface area contributed by atoms with Crippen molar-refractivity contribution in [3.05, 3.63) is 16.1 Å². The molecule has 1 saturated heterocycles. The van der Waals surface area contributed by atoms with Crippen LogP contribution in [-0.2, 0) is 11.2 Å². The number of carbonyl (C=O) groups excluding carboxylic acids is 1. The Morgan fingerprint density at radius 2 is 2.23 bits per heavy atom. The molecule has 1 aliphatic heterocycles. The molecule has 2 unspecified atom stereocenters.